The van der Waals surface area contributed by atoms with Crippen LogP contribution in [-0.4, -0.2) is 18.1 Å². The zero-order chi connectivity index (χ0) is 12.4. The Balaban J connectivity index is 2.60. The predicted octanol–water partition coefficient (Wildman–Crippen LogP) is 3.50. The van der Waals surface area contributed by atoms with Crippen LogP contribution in [0.5, 0.6) is 0 Å². The number of carbonyl (C=O) groups excluding carboxylic acids is 1. The molecule has 1 heterocycles. The molecule has 3 nitrogen and oxygen atoms in total. The molecular weight excluding hydrogens is 309 g/mol. The summed E-state index contributed by atoms with van der Waals surface area (Å²) in [5, 5.41) is 0. The van der Waals surface area contributed by atoms with Gasteiger partial charge in [0.25, 0.3) is 0 Å². The highest BCUT2D eigenvalue weighted by atomic mass is 79.9. The highest BCUT2D eigenvalue weighted by molar-refractivity contribution is 9.11. The van der Waals surface area contributed by atoms with Gasteiger partial charge in [-0.05, 0) is 22.0 Å². The lowest BCUT2D eigenvalue weighted by atomic mass is 10.1. The van der Waals surface area contributed by atoms with Crippen molar-refractivity contribution < 1.29 is 13.9 Å². The Morgan fingerprint density at radius 1 is 1.47 bits per heavy atom. The van der Waals surface area contributed by atoms with E-state index in [0.717, 1.165) is 0 Å². The number of carbonyl (C=O) groups is 1. The quantitative estimate of drug-likeness (QED) is 0.796. The lowest BCUT2D eigenvalue weighted by molar-refractivity contribution is 0.0595. The minimum Gasteiger partial charge on any atom is -0.464 e. The second-order valence-electron chi connectivity index (χ2n) is 3.12. The van der Waals surface area contributed by atoms with E-state index in [4.69, 9.17) is 0 Å². The first-order valence-corrected chi connectivity index (χ1v) is 6.24. The summed E-state index contributed by atoms with van der Waals surface area (Å²) >= 11 is 4.37. The summed E-state index contributed by atoms with van der Waals surface area (Å²) in [4.78, 5) is 16.0. The van der Waals surface area contributed by atoms with Gasteiger partial charge in [0.2, 0.25) is 0 Å². The molecule has 0 fully saturated rings. The molecule has 0 aliphatic heterocycles. The number of methoxy groups -OCH3 is 1. The number of esters is 1. The minimum absolute atomic E-state index is 0.120. The molecular formula is C11H7BrFNO2S. The van der Waals surface area contributed by atoms with Gasteiger partial charge >= 0.3 is 5.97 Å². The normalized spacial score (nSPS) is 10.3. The van der Waals surface area contributed by atoms with Crippen LogP contribution in [0, 0.1) is 5.82 Å². The summed E-state index contributed by atoms with van der Waals surface area (Å²) < 4.78 is 18.8. The first kappa shape index (κ1) is 12.2. The number of rotatable bonds is 2. The van der Waals surface area contributed by atoms with E-state index in [-0.39, 0.29) is 5.69 Å². The lowest BCUT2D eigenvalue weighted by Crippen LogP contribution is -2.03. The van der Waals surface area contributed by atoms with Crippen molar-refractivity contribution in [1.82, 2.24) is 4.98 Å². The van der Waals surface area contributed by atoms with E-state index in [1.54, 1.807) is 18.2 Å². The number of aromatic nitrogens is 1. The Bertz CT molecular complexity index is 570. The number of ether oxygens (including phenoxy) is 1. The summed E-state index contributed by atoms with van der Waals surface area (Å²) in [5.41, 5.74) is 0.463. The summed E-state index contributed by atoms with van der Waals surface area (Å²) in [6, 6.07) is 6.23. The topological polar surface area (TPSA) is 39.2 Å². The molecule has 2 rings (SSSR count). The van der Waals surface area contributed by atoms with Crippen molar-refractivity contribution in [3.63, 3.8) is 0 Å². The van der Waals surface area contributed by atoms with Crippen LogP contribution in [0.25, 0.3) is 10.4 Å². The molecule has 0 aliphatic carbocycles. The smallest absolute Gasteiger partial charge is 0.358 e. The number of benzene rings is 1. The molecule has 6 heteroatoms. The number of nitrogens with zero attached hydrogens (tertiary/aromatic N) is 1. The molecule has 17 heavy (non-hydrogen) atoms. The monoisotopic (exact) mass is 315 g/mol. The van der Waals surface area contributed by atoms with E-state index in [2.05, 4.69) is 25.7 Å². The molecule has 1 aromatic heterocycles. The van der Waals surface area contributed by atoms with Crippen molar-refractivity contribution in [2.24, 2.45) is 0 Å². The van der Waals surface area contributed by atoms with E-state index in [0.29, 0.717) is 14.4 Å². The van der Waals surface area contributed by atoms with Gasteiger partial charge in [-0.3, -0.25) is 0 Å². The fourth-order valence-electron chi connectivity index (χ4n) is 1.36. The summed E-state index contributed by atoms with van der Waals surface area (Å²) in [5.74, 6) is -0.973. The van der Waals surface area contributed by atoms with Crippen LogP contribution >= 0.6 is 27.3 Å². The Hall–Kier alpha value is -1.27. The van der Waals surface area contributed by atoms with Crippen molar-refractivity contribution in [3.8, 4) is 10.4 Å². The summed E-state index contributed by atoms with van der Waals surface area (Å²) in [7, 11) is 1.26. The van der Waals surface area contributed by atoms with Gasteiger partial charge in [-0.15, -0.1) is 11.3 Å². The molecule has 0 saturated carbocycles. The van der Waals surface area contributed by atoms with Gasteiger partial charge in [0, 0.05) is 5.56 Å². The number of halogens is 2. The molecule has 2 aromatic rings. The van der Waals surface area contributed by atoms with E-state index >= 15 is 0 Å². The molecule has 88 valence electrons. The van der Waals surface area contributed by atoms with Crippen LogP contribution in [0.15, 0.2) is 28.2 Å². The zero-order valence-corrected chi connectivity index (χ0v) is 11.1. The molecule has 0 bridgehead atoms. The highest BCUT2D eigenvalue weighted by Crippen LogP contribution is 2.34. The van der Waals surface area contributed by atoms with E-state index in [9.17, 15) is 9.18 Å². The molecule has 0 amide bonds. The fraction of sp³-hybridized carbons (Fsp3) is 0.0909. The third-order valence-corrected chi connectivity index (χ3v) is 3.64. The maximum absolute atomic E-state index is 13.6. The molecule has 0 N–H and O–H groups in total. The fourth-order valence-corrected chi connectivity index (χ4v) is 2.83. The molecule has 0 saturated heterocycles. The van der Waals surface area contributed by atoms with Crippen LogP contribution < -0.4 is 0 Å². The maximum Gasteiger partial charge on any atom is 0.358 e. The number of hydrogen-bond acceptors (Lipinski definition) is 4. The Labute approximate surface area is 109 Å². The summed E-state index contributed by atoms with van der Waals surface area (Å²) in [6.45, 7) is 0. The van der Waals surface area contributed by atoms with E-state index < -0.39 is 11.8 Å². The Morgan fingerprint density at radius 2 is 2.18 bits per heavy atom. The third-order valence-electron chi connectivity index (χ3n) is 2.10. The van der Waals surface area contributed by atoms with Crippen molar-refractivity contribution in [2.75, 3.05) is 7.11 Å². The standard InChI is InChI=1S/C11H7BrFNO2S/c1-16-10(15)8-9(17-11(12)14-8)6-4-2-3-5-7(6)13/h2-5H,1H3. The van der Waals surface area contributed by atoms with Gasteiger partial charge in [-0.1, -0.05) is 18.2 Å². The molecule has 0 unspecified atom stereocenters. The van der Waals surface area contributed by atoms with Gasteiger partial charge < -0.3 is 4.74 Å². The summed E-state index contributed by atoms with van der Waals surface area (Å²) in [6.07, 6.45) is 0. The van der Waals surface area contributed by atoms with E-state index in [1.807, 2.05) is 0 Å². The maximum atomic E-state index is 13.6. The average Bonchev–Trinajstić information content (AvgIpc) is 2.71. The largest absolute Gasteiger partial charge is 0.464 e. The van der Waals surface area contributed by atoms with Crippen molar-refractivity contribution >= 4 is 33.2 Å². The van der Waals surface area contributed by atoms with Gasteiger partial charge in [-0.25, -0.2) is 14.2 Å². The molecule has 1 aromatic carbocycles. The van der Waals surface area contributed by atoms with Gasteiger partial charge in [-0.2, -0.15) is 0 Å². The average molecular weight is 316 g/mol. The highest BCUT2D eigenvalue weighted by Gasteiger charge is 2.21. The van der Waals surface area contributed by atoms with Crippen LogP contribution in [-0.2, 0) is 4.74 Å². The third kappa shape index (κ3) is 2.37. The van der Waals surface area contributed by atoms with Gasteiger partial charge in [0.05, 0.1) is 12.0 Å². The Morgan fingerprint density at radius 3 is 2.82 bits per heavy atom. The van der Waals surface area contributed by atoms with Crippen LogP contribution in [0.1, 0.15) is 10.5 Å². The molecule has 0 aliphatic rings. The first-order chi connectivity index (χ1) is 8.13. The van der Waals surface area contributed by atoms with Crippen molar-refractivity contribution in [1.29, 1.82) is 0 Å². The van der Waals surface area contributed by atoms with Crippen LogP contribution in [0.4, 0.5) is 4.39 Å². The van der Waals surface area contributed by atoms with Crippen molar-refractivity contribution in [3.05, 3.63) is 39.7 Å². The van der Waals surface area contributed by atoms with Crippen molar-refractivity contribution in [2.45, 2.75) is 0 Å². The minimum atomic E-state index is -0.579. The second kappa shape index (κ2) is 4.93. The van der Waals surface area contributed by atoms with Crippen LogP contribution in [0.2, 0.25) is 0 Å². The molecule has 0 spiro atoms. The number of hydrogen-bond donors (Lipinski definition) is 0. The predicted molar refractivity (Wildman–Crippen MR) is 66.5 cm³/mol. The Kier molecular flexibility index (Phi) is 3.54. The first-order valence-electron chi connectivity index (χ1n) is 4.63. The zero-order valence-electron chi connectivity index (χ0n) is 8.74. The molecule has 0 atom stereocenters. The van der Waals surface area contributed by atoms with Crippen LogP contribution in [0.3, 0.4) is 0 Å². The van der Waals surface area contributed by atoms with Gasteiger partial charge in [0.1, 0.15) is 5.82 Å². The second-order valence-corrected chi connectivity index (χ2v) is 5.39. The lowest BCUT2D eigenvalue weighted by Gasteiger charge is -2.01. The SMILES string of the molecule is COC(=O)c1nc(Br)sc1-c1ccccc1F. The van der Waals surface area contributed by atoms with Gasteiger partial charge in [0.15, 0.2) is 9.61 Å². The molecule has 0 radical (unpaired) electrons. The van der Waals surface area contributed by atoms with E-state index in [1.165, 1.54) is 24.5 Å². The number of thiazole rings is 1.